The molecule has 8 heteroatoms. The lowest BCUT2D eigenvalue weighted by atomic mass is 10.1. The van der Waals surface area contributed by atoms with Crippen molar-refractivity contribution in [3.05, 3.63) is 52.0 Å². The summed E-state index contributed by atoms with van der Waals surface area (Å²) in [4.78, 5) is 10.5. The first-order valence-corrected chi connectivity index (χ1v) is 5.92. The van der Waals surface area contributed by atoms with E-state index in [-0.39, 0.29) is 18.0 Å². The van der Waals surface area contributed by atoms with Crippen molar-refractivity contribution in [1.82, 2.24) is 0 Å². The summed E-state index contributed by atoms with van der Waals surface area (Å²) in [5.74, 6) is 1.32. The van der Waals surface area contributed by atoms with E-state index in [0.717, 1.165) is 0 Å². The van der Waals surface area contributed by atoms with Gasteiger partial charge in [-0.05, 0) is 18.2 Å². The van der Waals surface area contributed by atoms with Crippen molar-refractivity contribution in [3.63, 3.8) is 0 Å². The molecule has 1 aliphatic heterocycles. The zero-order valence-electron chi connectivity index (χ0n) is 10.6. The van der Waals surface area contributed by atoms with Crippen molar-refractivity contribution >= 4 is 18.1 Å². The molecule has 0 saturated carbocycles. The SMILES string of the molecule is O=[N+]([O-])c1cc2c(cc1/C=N\N=C/c1ccco1)OCO2. The van der Waals surface area contributed by atoms with Gasteiger partial charge >= 0.3 is 0 Å². The van der Waals surface area contributed by atoms with Crippen molar-refractivity contribution in [2.24, 2.45) is 10.2 Å². The van der Waals surface area contributed by atoms with Crippen LogP contribution in [0.1, 0.15) is 11.3 Å². The predicted octanol–water partition coefficient (Wildman–Crippen LogP) is 2.37. The number of nitro groups is 1. The maximum atomic E-state index is 11.0. The Hall–Kier alpha value is -3.16. The molecule has 1 aliphatic rings. The second-order valence-corrected chi connectivity index (χ2v) is 4.03. The summed E-state index contributed by atoms with van der Waals surface area (Å²) in [7, 11) is 0. The third-order valence-corrected chi connectivity index (χ3v) is 2.71. The molecular weight excluding hydrogens is 278 g/mol. The topological polar surface area (TPSA) is 99.5 Å². The van der Waals surface area contributed by atoms with Gasteiger partial charge in [-0.3, -0.25) is 10.1 Å². The molecule has 0 unspecified atom stereocenters. The zero-order chi connectivity index (χ0) is 14.7. The van der Waals surface area contributed by atoms with Gasteiger partial charge in [-0.2, -0.15) is 10.2 Å². The molecule has 0 N–H and O–H groups in total. The fourth-order valence-corrected chi connectivity index (χ4v) is 1.76. The number of furan rings is 1. The average Bonchev–Trinajstić information content (AvgIpc) is 3.13. The number of hydrogen-bond donors (Lipinski definition) is 0. The standard InChI is InChI=1S/C13H9N3O5/c17-16(18)11-5-13-12(20-8-21-13)4-9(11)6-14-15-7-10-2-1-3-19-10/h1-7H,8H2/b14-6-,15-7-. The number of nitro benzene ring substituents is 1. The van der Waals surface area contributed by atoms with Crippen molar-refractivity contribution in [2.45, 2.75) is 0 Å². The predicted molar refractivity (Wildman–Crippen MR) is 73.1 cm³/mol. The maximum Gasteiger partial charge on any atom is 0.282 e. The third kappa shape index (κ3) is 2.73. The second kappa shape index (κ2) is 5.45. The van der Waals surface area contributed by atoms with E-state index in [2.05, 4.69) is 10.2 Å². The van der Waals surface area contributed by atoms with Gasteiger partial charge in [-0.25, -0.2) is 0 Å². The van der Waals surface area contributed by atoms with Crippen molar-refractivity contribution in [1.29, 1.82) is 0 Å². The average molecular weight is 287 g/mol. The molecule has 3 rings (SSSR count). The Bertz CT molecular complexity index is 722. The highest BCUT2D eigenvalue weighted by Crippen LogP contribution is 2.37. The molecule has 2 aromatic rings. The fourth-order valence-electron chi connectivity index (χ4n) is 1.76. The fraction of sp³-hybridized carbons (Fsp3) is 0.0769. The summed E-state index contributed by atoms with van der Waals surface area (Å²) < 4.78 is 15.3. The highest BCUT2D eigenvalue weighted by Gasteiger charge is 2.22. The molecule has 0 atom stereocenters. The van der Waals surface area contributed by atoms with Crippen LogP contribution in [0.25, 0.3) is 0 Å². The van der Waals surface area contributed by atoms with Crippen LogP contribution >= 0.6 is 0 Å². The number of hydrogen-bond acceptors (Lipinski definition) is 7. The number of rotatable bonds is 4. The molecular formula is C13H9N3O5. The maximum absolute atomic E-state index is 11.0. The van der Waals surface area contributed by atoms with Crippen molar-refractivity contribution in [3.8, 4) is 11.5 Å². The van der Waals surface area contributed by atoms with Gasteiger partial charge in [0.25, 0.3) is 5.69 Å². The molecule has 1 aromatic carbocycles. The minimum absolute atomic E-state index is 0.0454. The van der Waals surface area contributed by atoms with E-state index >= 15 is 0 Å². The van der Waals surface area contributed by atoms with Crippen LogP contribution in [0.15, 0.2) is 45.1 Å². The Morgan fingerprint density at radius 3 is 2.67 bits per heavy atom. The Balaban J connectivity index is 1.85. The van der Waals surface area contributed by atoms with E-state index in [1.165, 1.54) is 30.8 Å². The molecule has 0 aliphatic carbocycles. The summed E-state index contributed by atoms with van der Waals surface area (Å²) >= 11 is 0. The summed E-state index contributed by atoms with van der Waals surface area (Å²) in [5.41, 5.74) is 0.150. The van der Waals surface area contributed by atoms with Crippen molar-refractivity contribution < 1.29 is 18.8 Å². The summed E-state index contributed by atoms with van der Waals surface area (Å²) in [6.45, 7) is 0.0454. The lowest BCUT2D eigenvalue weighted by Gasteiger charge is -1.99. The van der Waals surface area contributed by atoms with Gasteiger partial charge in [-0.15, -0.1) is 0 Å². The van der Waals surface area contributed by atoms with Gasteiger partial charge in [0, 0.05) is 0 Å². The van der Waals surface area contributed by atoms with Gasteiger partial charge in [0.2, 0.25) is 6.79 Å². The lowest BCUT2D eigenvalue weighted by molar-refractivity contribution is -0.385. The van der Waals surface area contributed by atoms with Crippen LogP contribution < -0.4 is 9.47 Å². The Kier molecular flexibility index (Phi) is 3.34. The molecule has 0 spiro atoms. The van der Waals surface area contributed by atoms with E-state index < -0.39 is 4.92 Å². The van der Waals surface area contributed by atoms with E-state index in [4.69, 9.17) is 13.9 Å². The zero-order valence-corrected chi connectivity index (χ0v) is 10.6. The van der Waals surface area contributed by atoms with Crippen LogP contribution in [0.4, 0.5) is 5.69 Å². The minimum atomic E-state index is -0.514. The summed E-state index contributed by atoms with van der Waals surface area (Å²) in [6, 6.07) is 6.22. The second-order valence-electron chi connectivity index (χ2n) is 4.03. The van der Waals surface area contributed by atoms with Crippen molar-refractivity contribution in [2.75, 3.05) is 6.79 Å². The molecule has 21 heavy (non-hydrogen) atoms. The molecule has 0 radical (unpaired) electrons. The first-order valence-electron chi connectivity index (χ1n) is 5.92. The normalized spacial score (nSPS) is 13.3. The number of nitrogens with zero attached hydrogens (tertiary/aromatic N) is 3. The van der Waals surface area contributed by atoms with Crippen LogP contribution in [0, 0.1) is 10.1 Å². The summed E-state index contributed by atoms with van der Waals surface area (Å²) in [6.07, 6.45) is 4.18. The quantitative estimate of drug-likeness (QED) is 0.488. The van der Waals surface area contributed by atoms with Crippen LogP contribution in [-0.4, -0.2) is 24.1 Å². The molecule has 0 saturated heterocycles. The van der Waals surface area contributed by atoms with E-state index in [1.807, 2.05) is 0 Å². The molecule has 8 nitrogen and oxygen atoms in total. The van der Waals surface area contributed by atoms with Crippen LogP contribution in [-0.2, 0) is 0 Å². The van der Waals surface area contributed by atoms with Gasteiger partial charge in [0.1, 0.15) is 5.76 Å². The highest BCUT2D eigenvalue weighted by atomic mass is 16.7. The third-order valence-electron chi connectivity index (χ3n) is 2.71. The summed E-state index contributed by atoms with van der Waals surface area (Å²) in [5, 5.41) is 18.6. The molecule has 0 bridgehead atoms. The molecule has 0 amide bonds. The van der Waals surface area contributed by atoms with E-state index in [1.54, 1.807) is 12.1 Å². The monoisotopic (exact) mass is 287 g/mol. The van der Waals surface area contributed by atoms with E-state index in [9.17, 15) is 10.1 Å². The van der Waals surface area contributed by atoms with Gasteiger partial charge in [0.05, 0.1) is 35.2 Å². The largest absolute Gasteiger partial charge is 0.463 e. The van der Waals surface area contributed by atoms with Gasteiger partial charge < -0.3 is 13.9 Å². The molecule has 106 valence electrons. The first-order chi connectivity index (χ1) is 10.2. The van der Waals surface area contributed by atoms with E-state index in [0.29, 0.717) is 17.3 Å². The Morgan fingerprint density at radius 2 is 1.95 bits per heavy atom. The molecule has 1 aromatic heterocycles. The van der Waals surface area contributed by atoms with Crippen LogP contribution in [0.5, 0.6) is 11.5 Å². The number of benzene rings is 1. The van der Waals surface area contributed by atoms with Gasteiger partial charge in [0.15, 0.2) is 11.5 Å². The Morgan fingerprint density at radius 1 is 1.19 bits per heavy atom. The number of ether oxygens (including phenoxy) is 2. The number of fused-ring (bicyclic) bond motifs is 1. The van der Waals surface area contributed by atoms with Crippen LogP contribution in [0.2, 0.25) is 0 Å². The molecule has 2 heterocycles. The van der Waals surface area contributed by atoms with Crippen LogP contribution in [0.3, 0.4) is 0 Å². The Labute approximate surface area is 118 Å². The lowest BCUT2D eigenvalue weighted by Crippen LogP contribution is -1.94. The first kappa shape index (κ1) is 12.9. The highest BCUT2D eigenvalue weighted by molar-refractivity contribution is 5.87. The molecule has 0 fully saturated rings. The van der Waals surface area contributed by atoms with Gasteiger partial charge in [-0.1, -0.05) is 0 Å². The minimum Gasteiger partial charge on any atom is -0.463 e. The smallest absolute Gasteiger partial charge is 0.282 e.